The maximum atomic E-state index is 12.1. The van der Waals surface area contributed by atoms with Crippen LogP contribution in [0.3, 0.4) is 0 Å². The van der Waals surface area contributed by atoms with Crippen LogP contribution in [-0.4, -0.2) is 17.6 Å². The van der Waals surface area contributed by atoms with Gasteiger partial charge in [0, 0.05) is 11.3 Å². The van der Waals surface area contributed by atoms with Gasteiger partial charge < -0.3 is 10.4 Å². The van der Waals surface area contributed by atoms with Crippen molar-refractivity contribution in [1.82, 2.24) is 0 Å². The summed E-state index contributed by atoms with van der Waals surface area (Å²) in [6.07, 6.45) is 3.46. The van der Waals surface area contributed by atoms with Crippen molar-refractivity contribution < 1.29 is 9.90 Å². The van der Waals surface area contributed by atoms with Crippen LogP contribution in [0.25, 0.3) is 6.08 Å². The van der Waals surface area contributed by atoms with E-state index in [0.717, 1.165) is 16.8 Å². The standard InChI is InChI=1S/C17H17NO2/c1-13-7-9-15(10-8-13)17(20)18-16-6-2-4-14(12-16)5-3-11-19/h2-10,12,19H,11H2,1H3,(H,18,20)/b5-3+. The van der Waals surface area contributed by atoms with E-state index >= 15 is 0 Å². The van der Waals surface area contributed by atoms with Crippen molar-refractivity contribution in [3.05, 3.63) is 71.3 Å². The SMILES string of the molecule is Cc1ccc(C(=O)Nc2cccc(/C=C/CO)c2)cc1. The Morgan fingerprint density at radius 3 is 2.65 bits per heavy atom. The molecule has 2 rings (SSSR count). The minimum Gasteiger partial charge on any atom is -0.392 e. The van der Waals surface area contributed by atoms with E-state index in [2.05, 4.69) is 5.32 Å². The molecular weight excluding hydrogens is 250 g/mol. The lowest BCUT2D eigenvalue weighted by atomic mass is 10.1. The van der Waals surface area contributed by atoms with Crippen LogP contribution < -0.4 is 5.32 Å². The number of nitrogens with one attached hydrogen (secondary N) is 1. The van der Waals surface area contributed by atoms with Gasteiger partial charge in [-0.15, -0.1) is 0 Å². The van der Waals surface area contributed by atoms with E-state index in [1.165, 1.54) is 0 Å². The zero-order chi connectivity index (χ0) is 14.4. The van der Waals surface area contributed by atoms with Crippen LogP contribution in [0.1, 0.15) is 21.5 Å². The molecule has 2 aromatic carbocycles. The van der Waals surface area contributed by atoms with Gasteiger partial charge in [0.15, 0.2) is 0 Å². The Morgan fingerprint density at radius 2 is 1.95 bits per heavy atom. The molecule has 0 fully saturated rings. The molecule has 0 atom stereocenters. The molecule has 0 aliphatic carbocycles. The first-order valence-corrected chi connectivity index (χ1v) is 6.44. The highest BCUT2D eigenvalue weighted by Gasteiger charge is 2.05. The summed E-state index contributed by atoms with van der Waals surface area (Å²) in [5.41, 5.74) is 3.42. The van der Waals surface area contributed by atoms with E-state index in [0.29, 0.717) is 5.56 Å². The van der Waals surface area contributed by atoms with Gasteiger partial charge in [-0.1, -0.05) is 42.0 Å². The van der Waals surface area contributed by atoms with E-state index in [1.54, 1.807) is 18.2 Å². The molecule has 0 radical (unpaired) electrons. The molecule has 3 heteroatoms. The number of carbonyl (C=O) groups excluding carboxylic acids is 1. The number of hydrogen-bond donors (Lipinski definition) is 2. The lowest BCUT2D eigenvalue weighted by Gasteiger charge is -2.06. The first-order chi connectivity index (χ1) is 9.69. The fourth-order valence-corrected chi connectivity index (χ4v) is 1.82. The minimum atomic E-state index is -0.131. The zero-order valence-corrected chi connectivity index (χ0v) is 11.3. The molecule has 2 N–H and O–H groups in total. The molecule has 1 amide bonds. The molecule has 0 aromatic heterocycles. The molecule has 0 heterocycles. The summed E-state index contributed by atoms with van der Waals surface area (Å²) in [5.74, 6) is -0.131. The Morgan fingerprint density at radius 1 is 1.20 bits per heavy atom. The molecule has 0 unspecified atom stereocenters. The maximum Gasteiger partial charge on any atom is 0.255 e. The highest BCUT2D eigenvalue weighted by Crippen LogP contribution is 2.14. The first kappa shape index (κ1) is 14.0. The number of aryl methyl sites for hydroxylation is 1. The van der Waals surface area contributed by atoms with Gasteiger partial charge in [-0.2, -0.15) is 0 Å². The number of hydrogen-bond acceptors (Lipinski definition) is 2. The second-order valence-electron chi connectivity index (χ2n) is 4.53. The van der Waals surface area contributed by atoms with Gasteiger partial charge >= 0.3 is 0 Å². The normalized spacial score (nSPS) is 10.7. The van der Waals surface area contributed by atoms with E-state index < -0.39 is 0 Å². The van der Waals surface area contributed by atoms with Crippen molar-refractivity contribution in [1.29, 1.82) is 0 Å². The smallest absolute Gasteiger partial charge is 0.255 e. The highest BCUT2D eigenvalue weighted by atomic mass is 16.2. The van der Waals surface area contributed by atoms with Gasteiger partial charge in [0.1, 0.15) is 0 Å². The van der Waals surface area contributed by atoms with Gasteiger partial charge in [0.05, 0.1) is 6.61 Å². The van der Waals surface area contributed by atoms with Gasteiger partial charge in [0.2, 0.25) is 0 Å². The fraction of sp³-hybridized carbons (Fsp3) is 0.118. The molecule has 0 saturated heterocycles. The Hall–Kier alpha value is -2.39. The van der Waals surface area contributed by atoms with Crippen LogP contribution in [0.15, 0.2) is 54.6 Å². The summed E-state index contributed by atoms with van der Waals surface area (Å²) < 4.78 is 0. The van der Waals surface area contributed by atoms with Crippen molar-refractivity contribution in [3.8, 4) is 0 Å². The molecule has 0 saturated carbocycles. The van der Waals surface area contributed by atoms with Crippen molar-refractivity contribution in [2.75, 3.05) is 11.9 Å². The molecule has 3 nitrogen and oxygen atoms in total. The van der Waals surface area contributed by atoms with E-state index in [4.69, 9.17) is 5.11 Å². The number of carbonyl (C=O) groups is 1. The highest BCUT2D eigenvalue weighted by molar-refractivity contribution is 6.04. The third-order valence-corrected chi connectivity index (χ3v) is 2.87. The predicted octanol–water partition coefficient (Wildman–Crippen LogP) is 3.25. The lowest BCUT2D eigenvalue weighted by Crippen LogP contribution is -2.11. The molecule has 102 valence electrons. The first-order valence-electron chi connectivity index (χ1n) is 6.44. The third kappa shape index (κ3) is 3.80. The average molecular weight is 267 g/mol. The summed E-state index contributed by atoms with van der Waals surface area (Å²) in [6, 6.07) is 14.9. The lowest BCUT2D eigenvalue weighted by molar-refractivity contribution is 0.102. The second-order valence-corrected chi connectivity index (χ2v) is 4.53. The van der Waals surface area contributed by atoms with Crippen molar-refractivity contribution >= 4 is 17.7 Å². The number of benzene rings is 2. The number of amides is 1. The van der Waals surface area contributed by atoms with E-state index in [9.17, 15) is 4.79 Å². The van der Waals surface area contributed by atoms with Gasteiger partial charge in [-0.25, -0.2) is 0 Å². The van der Waals surface area contributed by atoms with Crippen LogP contribution in [-0.2, 0) is 0 Å². The number of anilines is 1. The van der Waals surface area contributed by atoms with Crippen LogP contribution in [0, 0.1) is 6.92 Å². The van der Waals surface area contributed by atoms with Gasteiger partial charge in [-0.3, -0.25) is 4.79 Å². The van der Waals surface area contributed by atoms with Gasteiger partial charge in [0.25, 0.3) is 5.91 Å². The van der Waals surface area contributed by atoms with E-state index in [-0.39, 0.29) is 12.5 Å². The molecule has 20 heavy (non-hydrogen) atoms. The average Bonchev–Trinajstić information content (AvgIpc) is 2.46. The molecule has 0 aliphatic rings. The van der Waals surface area contributed by atoms with Crippen LogP contribution in [0.2, 0.25) is 0 Å². The number of aliphatic hydroxyl groups excluding tert-OH is 1. The van der Waals surface area contributed by atoms with Crippen molar-refractivity contribution in [2.24, 2.45) is 0 Å². The third-order valence-electron chi connectivity index (χ3n) is 2.87. The quantitative estimate of drug-likeness (QED) is 0.893. The van der Waals surface area contributed by atoms with Crippen molar-refractivity contribution in [3.63, 3.8) is 0 Å². The second kappa shape index (κ2) is 6.68. The molecular formula is C17H17NO2. The van der Waals surface area contributed by atoms with Crippen LogP contribution in [0.4, 0.5) is 5.69 Å². The maximum absolute atomic E-state index is 12.1. The number of aliphatic hydroxyl groups is 1. The summed E-state index contributed by atoms with van der Waals surface area (Å²) in [7, 11) is 0. The predicted molar refractivity (Wildman–Crippen MR) is 81.7 cm³/mol. The zero-order valence-electron chi connectivity index (χ0n) is 11.3. The Kier molecular flexibility index (Phi) is 4.69. The monoisotopic (exact) mass is 267 g/mol. The molecule has 0 spiro atoms. The van der Waals surface area contributed by atoms with Crippen LogP contribution in [0.5, 0.6) is 0 Å². The minimum absolute atomic E-state index is 0.0000465. The number of rotatable bonds is 4. The van der Waals surface area contributed by atoms with Crippen LogP contribution >= 0.6 is 0 Å². The summed E-state index contributed by atoms with van der Waals surface area (Å²) in [4.78, 5) is 12.1. The summed E-state index contributed by atoms with van der Waals surface area (Å²) in [5, 5.41) is 11.6. The Balaban J connectivity index is 2.11. The fourth-order valence-electron chi connectivity index (χ4n) is 1.82. The summed E-state index contributed by atoms with van der Waals surface area (Å²) >= 11 is 0. The van der Waals surface area contributed by atoms with E-state index in [1.807, 2.05) is 49.4 Å². The van der Waals surface area contributed by atoms with Gasteiger partial charge in [-0.05, 0) is 36.8 Å². The molecule has 2 aromatic rings. The van der Waals surface area contributed by atoms with Crippen molar-refractivity contribution in [2.45, 2.75) is 6.92 Å². The Labute approximate surface area is 118 Å². The Bertz CT molecular complexity index is 615. The molecule has 0 bridgehead atoms. The topological polar surface area (TPSA) is 49.3 Å². The largest absolute Gasteiger partial charge is 0.392 e. The molecule has 0 aliphatic heterocycles. The summed E-state index contributed by atoms with van der Waals surface area (Å²) in [6.45, 7) is 1.98.